The van der Waals surface area contributed by atoms with Crippen LogP contribution in [0, 0.1) is 6.92 Å². The van der Waals surface area contributed by atoms with E-state index < -0.39 is 0 Å². The van der Waals surface area contributed by atoms with Gasteiger partial charge >= 0.3 is 0 Å². The number of fused-ring (bicyclic) bond motifs is 1. The molecule has 0 spiro atoms. The van der Waals surface area contributed by atoms with Crippen LogP contribution in [-0.4, -0.2) is 34.3 Å². The number of nitrogens with zero attached hydrogens (tertiary/aromatic N) is 6. The Balaban J connectivity index is 1.65. The molecule has 0 aliphatic heterocycles. The van der Waals surface area contributed by atoms with Gasteiger partial charge in [-0.15, -0.1) is 0 Å². The van der Waals surface area contributed by atoms with Crippen molar-refractivity contribution in [1.29, 1.82) is 0 Å². The minimum absolute atomic E-state index is 0.0289. The Labute approximate surface area is 142 Å². The van der Waals surface area contributed by atoms with Gasteiger partial charge in [0.05, 0.1) is 12.4 Å². The number of hydrogen-bond donors (Lipinski definition) is 1. The molecule has 4 heterocycles. The summed E-state index contributed by atoms with van der Waals surface area (Å²) in [6.07, 6.45) is 10.7. The molecule has 0 radical (unpaired) electrons. The van der Waals surface area contributed by atoms with Gasteiger partial charge in [0.1, 0.15) is 5.65 Å². The van der Waals surface area contributed by atoms with Crippen molar-refractivity contribution in [3.8, 4) is 17.1 Å². The van der Waals surface area contributed by atoms with Gasteiger partial charge in [-0.2, -0.15) is 14.7 Å². The van der Waals surface area contributed by atoms with Crippen molar-refractivity contribution < 1.29 is 0 Å². The summed E-state index contributed by atoms with van der Waals surface area (Å²) < 4.78 is 3.05. The van der Waals surface area contributed by atoms with E-state index in [1.54, 1.807) is 35.5 Å². The molecule has 1 aliphatic rings. The molecule has 25 heavy (non-hydrogen) atoms. The standard InChI is InChI=1S/C17H15N7O/c1-10-14(11-3-4-11)16(25)24-15(22-10)13(8-21-24)12-7-20-23(9-12)17-18-5-2-6-19-17/h2,5-9,11,22H,3-4H2,1H3. The molecule has 1 fully saturated rings. The summed E-state index contributed by atoms with van der Waals surface area (Å²) >= 11 is 0. The summed E-state index contributed by atoms with van der Waals surface area (Å²) in [6, 6.07) is 1.75. The van der Waals surface area contributed by atoms with Gasteiger partial charge in [-0.1, -0.05) is 0 Å². The topological polar surface area (TPSA) is 93.8 Å². The molecule has 0 bridgehead atoms. The number of aromatic nitrogens is 7. The number of H-pyrrole nitrogens is 1. The third-order valence-corrected chi connectivity index (χ3v) is 4.54. The normalized spacial score (nSPS) is 14.3. The van der Waals surface area contributed by atoms with Crippen LogP contribution in [0.3, 0.4) is 0 Å². The zero-order valence-electron chi connectivity index (χ0n) is 13.5. The number of aryl methyl sites for hydroxylation is 1. The zero-order chi connectivity index (χ0) is 17.0. The molecule has 4 aromatic heterocycles. The SMILES string of the molecule is Cc1[nH]c2c(-c3cnn(-c4ncccn4)c3)cnn2c(=O)c1C1CC1. The first-order valence-corrected chi connectivity index (χ1v) is 8.15. The molecule has 0 amide bonds. The molecule has 0 saturated heterocycles. The second-order valence-electron chi connectivity index (χ2n) is 6.28. The molecule has 8 heteroatoms. The molecule has 5 rings (SSSR count). The van der Waals surface area contributed by atoms with E-state index in [0.29, 0.717) is 17.5 Å². The van der Waals surface area contributed by atoms with Crippen LogP contribution in [0.1, 0.15) is 30.0 Å². The Bertz CT molecular complexity index is 1130. The summed E-state index contributed by atoms with van der Waals surface area (Å²) in [5, 5.41) is 8.61. The average Bonchev–Trinajstić information content (AvgIpc) is 3.17. The van der Waals surface area contributed by atoms with Crippen molar-refractivity contribution in [2.75, 3.05) is 0 Å². The van der Waals surface area contributed by atoms with Crippen molar-refractivity contribution >= 4 is 5.65 Å². The molecule has 4 aromatic rings. The highest BCUT2D eigenvalue weighted by atomic mass is 16.1. The van der Waals surface area contributed by atoms with E-state index in [-0.39, 0.29) is 5.56 Å². The van der Waals surface area contributed by atoms with Gasteiger partial charge in [-0.25, -0.2) is 14.6 Å². The molecular weight excluding hydrogens is 318 g/mol. The lowest BCUT2D eigenvalue weighted by atomic mass is 10.1. The Morgan fingerprint density at radius 2 is 1.96 bits per heavy atom. The van der Waals surface area contributed by atoms with Crippen molar-refractivity contribution in [3.05, 3.63) is 58.7 Å². The second-order valence-corrected chi connectivity index (χ2v) is 6.28. The van der Waals surface area contributed by atoms with Gasteiger partial charge < -0.3 is 4.98 Å². The van der Waals surface area contributed by atoms with Gasteiger partial charge in [0, 0.05) is 41.0 Å². The maximum atomic E-state index is 12.7. The van der Waals surface area contributed by atoms with Crippen LogP contribution >= 0.6 is 0 Å². The fourth-order valence-corrected chi connectivity index (χ4v) is 3.19. The first-order chi connectivity index (χ1) is 12.2. The van der Waals surface area contributed by atoms with Crippen LogP contribution in [0.15, 0.2) is 41.8 Å². The van der Waals surface area contributed by atoms with E-state index in [1.165, 1.54) is 4.52 Å². The third kappa shape index (κ3) is 2.18. The molecule has 8 nitrogen and oxygen atoms in total. The first-order valence-electron chi connectivity index (χ1n) is 8.15. The Hall–Kier alpha value is -3.29. The molecule has 0 atom stereocenters. The number of aromatic amines is 1. The summed E-state index contributed by atoms with van der Waals surface area (Å²) in [6.45, 7) is 1.95. The largest absolute Gasteiger partial charge is 0.343 e. The average molecular weight is 333 g/mol. The molecule has 124 valence electrons. The van der Waals surface area contributed by atoms with Crippen molar-refractivity contribution in [2.24, 2.45) is 0 Å². The minimum atomic E-state index is -0.0289. The van der Waals surface area contributed by atoms with Crippen molar-refractivity contribution in [1.82, 2.24) is 34.3 Å². The molecule has 1 saturated carbocycles. The molecule has 0 aromatic carbocycles. The van der Waals surface area contributed by atoms with Crippen molar-refractivity contribution in [3.63, 3.8) is 0 Å². The Morgan fingerprint density at radius 1 is 1.16 bits per heavy atom. The predicted octanol–water partition coefficient (Wildman–Crippen LogP) is 1.85. The highest BCUT2D eigenvalue weighted by molar-refractivity contribution is 5.76. The Kier molecular flexibility index (Phi) is 2.87. The van der Waals surface area contributed by atoms with E-state index >= 15 is 0 Å². The molecular formula is C17H15N7O. The van der Waals surface area contributed by atoms with E-state index in [0.717, 1.165) is 35.2 Å². The lowest BCUT2D eigenvalue weighted by Gasteiger charge is -2.05. The first kappa shape index (κ1) is 14.1. The highest BCUT2D eigenvalue weighted by Crippen LogP contribution is 2.39. The predicted molar refractivity (Wildman–Crippen MR) is 90.7 cm³/mol. The van der Waals surface area contributed by atoms with Crippen LogP contribution < -0.4 is 5.56 Å². The van der Waals surface area contributed by atoms with Crippen LogP contribution in [-0.2, 0) is 0 Å². The lowest BCUT2D eigenvalue weighted by Crippen LogP contribution is -2.21. The second kappa shape index (κ2) is 5.10. The Morgan fingerprint density at radius 3 is 2.72 bits per heavy atom. The van der Waals surface area contributed by atoms with Gasteiger partial charge in [-0.05, 0) is 31.7 Å². The van der Waals surface area contributed by atoms with Gasteiger partial charge in [0.15, 0.2) is 0 Å². The van der Waals surface area contributed by atoms with Crippen molar-refractivity contribution in [2.45, 2.75) is 25.7 Å². The number of hydrogen-bond acceptors (Lipinski definition) is 5. The van der Waals surface area contributed by atoms with Crippen LogP contribution in [0.5, 0.6) is 0 Å². The molecule has 1 N–H and O–H groups in total. The maximum Gasteiger partial charge on any atom is 0.278 e. The minimum Gasteiger partial charge on any atom is -0.343 e. The molecule has 0 unspecified atom stereocenters. The van der Waals surface area contributed by atoms with Crippen LogP contribution in [0.4, 0.5) is 0 Å². The quantitative estimate of drug-likeness (QED) is 0.617. The monoisotopic (exact) mass is 333 g/mol. The fourth-order valence-electron chi connectivity index (χ4n) is 3.19. The van der Waals surface area contributed by atoms with Crippen LogP contribution in [0.2, 0.25) is 0 Å². The molecule has 1 aliphatic carbocycles. The van der Waals surface area contributed by atoms with E-state index in [2.05, 4.69) is 25.1 Å². The summed E-state index contributed by atoms with van der Waals surface area (Å²) in [5.41, 5.74) is 4.09. The maximum absolute atomic E-state index is 12.7. The third-order valence-electron chi connectivity index (χ3n) is 4.54. The smallest absolute Gasteiger partial charge is 0.278 e. The summed E-state index contributed by atoms with van der Waals surface area (Å²) in [7, 11) is 0. The van der Waals surface area contributed by atoms with E-state index in [1.807, 2.05) is 13.1 Å². The van der Waals surface area contributed by atoms with Crippen LogP contribution in [0.25, 0.3) is 22.7 Å². The van der Waals surface area contributed by atoms with Gasteiger partial charge in [-0.3, -0.25) is 4.79 Å². The number of nitrogens with one attached hydrogen (secondary N) is 1. The van der Waals surface area contributed by atoms with E-state index in [4.69, 9.17) is 0 Å². The summed E-state index contributed by atoms with van der Waals surface area (Å²) in [5.74, 6) is 0.865. The number of rotatable bonds is 3. The summed E-state index contributed by atoms with van der Waals surface area (Å²) in [4.78, 5) is 24.5. The van der Waals surface area contributed by atoms with Gasteiger partial charge in [0.25, 0.3) is 5.56 Å². The highest BCUT2D eigenvalue weighted by Gasteiger charge is 2.29. The lowest BCUT2D eigenvalue weighted by molar-refractivity contribution is 0.808. The zero-order valence-corrected chi connectivity index (χ0v) is 13.5. The van der Waals surface area contributed by atoms with E-state index in [9.17, 15) is 4.79 Å². The van der Waals surface area contributed by atoms with Gasteiger partial charge in [0.2, 0.25) is 5.95 Å². The fraction of sp³-hybridized carbons (Fsp3) is 0.235.